The summed E-state index contributed by atoms with van der Waals surface area (Å²) < 4.78 is 5.46. The topological polar surface area (TPSA) is 29.5 Å². The molecule has 1 spiro atoms. The number of ether oxygens (including phenoxy) is 1. The molecule has 2 aromatic rings. The molecule has 2 aliphatic rings. The second kappa shape index (κ2) is 5.82. The van der Waals surface area contributed by atoms with Crippen LogP contribution in [0.25, 0.3) is 11.1 Å². The van der Waals surface area contributed by atoms with Crippen LogP contribution >= 0.6 is 0 Å². The molecule has 118 valence electrons. The Bertz CT molecular complexity index is 687. The van der Waals surface area contributed by atoms with Crippen molar-refractivity contribution in [2.75, 3.05) is 19.8 Å². The van der Waals surface area contributed by atoms with Gasteiger partial charge in [0.25, 0.3) is 5.91 Å². The molecule has 23 heavy (non-hydrogen) atoms. The minimum Gasteiger partial charge on any atom is -0.381 e. The quantitative estimate of drug-likeness (QED) is 0.845. The fourth-order valence-corrected chi connectivity index (χ4v) is 3.72. The van der Waals surface area contributed by atoms with E-state index >= 15 is 0 Å². The fourth-order valence-electron chi connectivity index (χ4n) is 3.72. The van der Waals surface area contributed by atoms with Crippen LogP contribution in [0.2, 0.25) is 0 Å². The van der Waals surface area contributed by atoms with Crippen molar-refractivity contribution < 1.29 is 9.53 Å². The van der Waals surface area contributed by atoms with Crippen LogP contribution < -0.4 is 0 Å². The highest BCUT2D eigenvalue weighted by Crippen LogP contribution is 2.40. The lowest BCUT2D eigenvalue weighted by molar-refractivity contribution is -0.0695. The predicted octanol–water partition coefficient (Wildman–Crippen LogP) is 3.75. The van der Waals surface area contributed by atoms with E-state index in [0.717, 1.165) is 50.1 Å². The SMILES string of the molecule is O=C(c1ccc(-c2ccccc2)cc1)N1CCC12CCOCC2. The molecule has 2 fully saturated rings. The van der Waals surface area contributed by atoms with Crippen LogP contribution in [0.1, 0.15) is 29.6 Å². The molecule has 0 saturated carbocycles. The molecule has 2 aromatic carbocycles. The van der Waals surface area contributed by atoms with Crippen LogP contribution in [0.4, 0.5) is 0 Å². The van der Waals surface area contributed by atoms with E-state index in [1.165, 1.54) is 5.56 Å². The average Bonchev–Trinajstić information content (AvgIpc) is 2.62. The van der Waals surface area contributed by atoms with E-state index in [1.807, 2.05) is 42.5 Å². The van der Waals surface area contributed by atoms with Gasteiger partial charge in [-0.3, -0.25) is 4.79 Å². The second-order valence-corrected chi connectivity index (χ2v) is 6.49. The van der Waals surface area contributed by atoms with Gasteiger partial charge in [-0.1, -0.05) is 42.5 Å². The maximum Gasteiger partial charge on any atom is 0.254 e. The molecule has 3 nitrogen and oxygen atoms in total. The number of benzene rings is 2. The first-order valence-electron chi connectivity index (χ1n) is 8.34. The van der Waals surface area contributed by atoms with Crippen LogP contribution in [0.5, 0.6) is 0 Å². The molecular weight excluding hydrogens is 286 g/mol. The second-order valence-electron chi connectivity index (χ2n) is 6.49. The van der Waals surface area contributed by atoms with Crippen molar-refractivity contribution in [3.05, 3.63) is 60.2 Å². The largest absolute Gasteiger partial charge is 0.381 e. The number of amides is 1. The van der Waals surface area contributed by atoms with Gasteiger partial charge in [-0.15, -0.1) is 0 Å². The van der Waals surface area contributed by atoms with Crippen molar-refractivity contribution in [3.8, 4) is 11.1 Å². The Kier molecular flexibility index (Phi) is 3.66. The Balaban J connectivity index is 1.53. The molecule has 0 bridgehead atoms. The number of carbonyl (C=O) groups is 1. The maximum absolute atomic E-state index is 12.8. The summed E-state index contributed by atoms with van der Waals surface area (Å²) in [5, 5.41) is 0. The Labute approximate surface area is 136 Å². The summed E-state index contributed by atoms with van der Waals surface area (Å²) in [4.78, 5) is 14.9. The smallest absolute Gasteiger partial charge is 0.254 e. The molecule has 3 heteroatoms. The lowest BCUT2D eigenvalue weighted by atomic mass is 9.77. The number of likely N-dealkylation sites (tertiary alicyclic amines) is 1. The Morgan fingerprint density at radius 3 is 2.13 bits per heavy atom. The standard InChI is InChI=1S/C20H21NO2/c22-19(21-13-10-20(21)11-14-23-15-12-20)18-8-6-17(7-9-18)16-4-2-1-3-5-16/h1-9H,10-15H2. The summed E-state index contributed by atoms with van der Waals surface area (Å²) in [5.41, 5.74) is 3.17. The average molecular weight is 307 g/mol. The third-order valence-electron chi connectivity index (χ3n) is 5.28. The molecule has 0 aliphatic carbocycles. The summed E-state index contributed by atoms with van der Waals surface area (Å²) in [6, 6.07) is 18.2. The van der Waals surface area contributed by atoms with Gasteiger partial charge < -0.3 is 9.64 Å². The van der Waals surface area contributed by atoms with Gasteiger partial charge in [-0.05, 0) is 42.5 Å². The van der Waals surface area contributed by atoms with Crippen LogP contribution in [-0.2, 0) is 4.74 Å². The fraction of sp³-hybridized carbons (Fsp3) is 0.350. The molecule has 1 amide bonds. The number of rotatable bonds is 2. The van der Waals surface area contributed by atoms with E-state index in [2.05, 4.69) is 17.0 Å². The lowest BCUT2D eigenvalue weighted by Gasteiger charge is -2.54. The Morgan fingerprint density at radius 2 is 1.52 bits per heavy atom. The van der Waals surface area contributed by atoms with E-state index < -0.39 is 0 Å². The zero-order chi connectivity index (χ0) is 15.7. The van der Waals surface area contributed by atoms with Gasteiger partial charge in [-0.25, -0.2) is 0 Å². The Hall–Kier alpha value is -2.13. The lowest BCUT2D eigenvalue weighted by Crippen LogP contribution is -2.64. The maximum atomic E-state index is 12.8. The van der Waals surface area contributed by atoms with Gasteiger partial charge in [0.15, 0.2) is 0 Å². The highest BCUT2D eigenvalue weighted by Gasteiger charge is 2.48. The molecule has 0 radical (unpaired) electrons. The van der Waals surface area contributed by atoms with Gasteiger partial charge in [-0.2, -0.15) is 0 Å². The van der Waals surface area contributed by atoms with Crippen LogP contribution in [0, 0.1) is 0 Å². The van der Waals surface area contributed by atoms with Crippen LogP contribution in [-0.4, -0.2) is 36.1 Å². The normalized spacial score (nSPS) is 19.4. The van der Waals surface area contributed by atoms with Gasteiger partial charge in [0.1, 0.15) is 0 Å². The van der Waals surface area contributed by atoms with Crippen LogP contribution in [0.15, 0.2) is 54.6 Å². The minimum absolute atomic E-state index is 0.0629. The molecule has 0 atom stereocenters. The molecule has 0 N–H and O–H groups in total. The summed E-state index contributed by atoms with van der Waals surface area (Å²) in [5.74, 6) is 0.165. The first-order valence-corrected chi connectivity index (χ1v) is 8.34. The molecular formula is C20H21NO2. The summed E-state index contributed by atoms with van der Waals surface area (Å²) >= 11 is 0. The summed E-state index contributed by atoms with van der Waals surface area (Å²) in [7, 11) is 0. The van der Waals surface area contributed by atoms with Gasteiger partial charge in [0, 0.05) is 30.9 Å². The highest BCUT2D eigenvalue weighted by atomic mass is 16.5. The predicted molar refractivity (Wildman–Crippen MR) is 90.3 cm³/mol. The number of hydrogen-bond acceptors (Lipinski definition) is 2. The van der Waals surface area contributed by atoms with E-state index in [4.69, 9.17) is 4.74 Å². The van der Waals surface area contributed by atoms with Crippen molar-refractivity contribution in [2.24, 2.45) is 0 Å². The molecule has 0 unspecified atom stereocenters. The molecule has 0 aromatic heterocycles. The van der Waals surface area contributed by atoms with Gasteiger partial charge in [0.2, 0.25) is 0 Å². The van der Waals surface area contributed by atoms with E-state index in [-0.39, 0.29) is 11.4 Å². The van der Waals surface area contributed by atoms with Crippen molar-refractivity contribution in [3.63, 3.8) is 0 Å². The van der Waals surface area contributed by atoms with E-state index in [1.54, 1.807) is 0 Å². The zero-order valence-electron chi connectivity index (χ0n) is 13.2. The van der Waals surface area contributed by atoms with E-state index in [0.29, 0.717) is 0 Å². The van der Waals surface area contributed by atoms with Gasteiger partial charge >= 0.3 is 0 Å². The number of nitrogens with zero attached hydrogens (tertiary/aromatic N) is 1. The number of hydrogen-bond donors (Lipinski definition) is 0. The Morgan fingerprint density at radius 1 is 0.870 bits per heavy atom. The number of carbonyl (C=O) groups excluding carboxylic acids is 1. The van der Waals surface area contributed by atoms with E-state index in [9.17, 15) is 4.79 Å². The summed E-state index contributed by atoms with van der Waals surface area (Å²) in [6.45, 7) is 2.42. The first-order chi connectivity index (χ1) is 11.3. The molecule has 2 saturated heterocycles. The van der Waals surface area contributed by atoms with Gasteiger partial charge in [0.05, 0.1) is 0 Å². The first kappa shape index (κ1) is 14.5. The minimum atomic E-state index is 0.0629. The van der Waals surface area contributed by atoms with Crippen LogP contribution in [0.3, 0.4) is 0 Å². The van der Waals surface area contributed by atoms with Crippen molar-refractivity contribution >= 4 is 5.91 Å². The monoisotopic (exact) mass is 307 g/mol. The van der Waals surface area contributed by atoms with Crippen molar-refractivity contribution in [1.29, 1.82) is 0 Å². The highest BCUT2D eigenvalue weighted by molar-refractivity contribution is 5.95. The third kappa shape index (κ3) is 2.55. The summed E-state index contributed by atoms with van der Waals surface area (Å²) in [6.07, 6.45) is 3.06. The van der Waals surface area contributed by atoms with Crippen molar-refractivity contribution in [1.82, 2.24) is 4.90 Å². The zero-order valence-corrected chi connectivity index (χ0v) is 13.2. The third-order valence-corrected chi connectivity index (χ3v) is 5.28. The molecule has 4 rings (SSSR count). The molecule has 2 heterocycles. The van der Waals surface area contributed by atoms with Crippen molar-refractivity contribution in [2.45, 2.75) is 24.8 Å². The molecule has 2 aliphatic heterocycles.